The van der Waals surface area contributed by atoms with Crippen LogP contribution < -0.4 is 11.1 Å². The molecule has 1 fully saturated rings. The Balaban J connectivity index is 1.96. The molecule has 6 nitrogen and oxygen atoms in total. The van der Waals surface area contributed by atoms with E-state index in [4.69, 9.17) is 5.73 Å². The van der Waals surface area contributed by atoms with Crippen molar-refractivity contribution >= 4 is 17.5 Å². The molecular formula is C11H16N4O2. The molecule has 1 aliphatic heterocycles. The predicted molar refractivity (Wildman–Crippen MR) is 63.3 cm³/mol. The van der Waals surface area contributed by atoms with Gasteiger partial charge < -0.3 is 20.9 Å². The normalized spacial score (nSPS) is 19.4. The lowest BCUT2D eigenvalue weighted by molar-refractivity contribution is -0.119. The zero-order valence-corrected chi connectivity index (χ0v) is 9.69. The van der Waals surface area contributed by atoms with E-state index in [0.29, 0.717) is 24.5 Å². The summed E-state index contributed by atoms with van der Waals surface area (Å²) in [6.45, 7) is 2.69. The van der Waals surface area contributed by atoms with Gasteiger partial charge in [0.2, 0.25) is 5.91 Å². The molecule has 1 aromatic heterocycles. The summed E-state index contributed by atoms with van der Waals surface area (Å²) in [6.07, 6.45) is 2.39. The first-order valence-electron chi connectivity index (χ1n) is 5.56. The van der Waals surface area contributed by atoms with Crippen LogP contribution in [-0.2, 0) is 4.79 Å². The Labute approximate surface area is 99.2 Å². The summed E-state index contributed by atoms with van der Waals surface area (Å²) >= 11 is 0. The van der Waals surface area contributed by atoms with Crippen LogP contribution in [0.4, 0.5) is 5.69 Å². The number of aromatic amines is 1. The van der Waals surface area contributed by atoms with Gasteiger partial charge in [-0.3, -0.25) is 9.59 Å². The van der Waals surface area contributed by atoms with Crippen molar-refractivity contribution in [2.75, 3.05) is 18.8 Å². The Hall–Kier alpha value is -1.98. The molecule has 0 aromatic carbocycles. The van der Waals surface area contributed by atoms with E-state index in [1.165, 1.54) is 6.92 Å². The third kappa shape index (κ3) is 2.58. The second-order valence-electron chi connectivity index (χ2n) is 4.28. The smallest absolute Gasteiger partial charge is 0.270 e. The molecule has 17 heavy (non-hydrogen) atoms. The Bertz CT molecular complexity index is 440. The number of likely N-dealkylation sites (tertiary alicyclic amines) is 1. The van der Waals surface area contributed by atoms with Gasteiger partial charge in [0.1, 0.15) is 5.69 Å². The number of carbonyl (C=O) groups is 2. The monoisotopic (exact) mass is 236 g/mol. The van der Waals surface area contributed by atoms with Crippen molar-refractivity contribution in [1.82, 2.24) is 15.2 Å². The van der Waals surface area contributed by atoms with Gasteiger partial charge in [0.25, 0.3) is 5.91 Å². The lowest BCUT2D eigenvalue weighted by Gasteiger charge is -2.15. The van der Waals surface area contributed by atoms with E-state index >= 15 is 0 Å². The second kappa shape index (κ2) is 4.48. The quantitative estimate of drug-likeness (QED) is 0.672. The SMILES string of the molecule is CC(=O)NC1CCN(C(=O)c2cc(N)c[nH]2)C1. The molecule has 6 heteroatoms. The Morgan fingerprint density at radius 2 is 2.35 bits per heavy atom. The maximum atomic E-state index is 12.0. The van der Waals surface area contributed by atoms with E-state index < -0.39 is 0 Å². The first-order chi connectivity index (χ1) is 8.06. The summed E-state index contributed by atoms with van der Waals surface area (Å²) in [6, 6.07) is 1.68. The summed E-state index contributed by atoms with van der Waals surface area (Å²) in [5, 5.41) is 2.82. The Morgan fingerprint density at radius 1 is 1.59 bits per heavy atom. The predicted octanol–water partition coefficient (Wildman–Crippen LogP) is -0.0525. The van der Waals surface area contributed by atoms with Crippen LogP contribution >= 0.6 is 0 Å². The first-order valence-corrected chi connectivity index (χ1v) is 5.56. The molecule has 2 rings (SSSR count). The summed E-state index contributed by atoms with van der Waals surface area (Å²) in [5.74, 6) is -0.136. The van der Waals surface area contributed by atoms with Crippen LogP contribution in [0, 0.1) is 0 Å². The molecule has 2 heterocycles. The van der Waals surface area contributed by atoms with Gasteiger partial charge in [0, 0.05) is 37.9 Å². The van der Waals surface area contributed by atoms with Crippen LogP contribution in [0.25, 0.3) is 0 Å². The summed E-state index contributed by atoms with van der Waals surface area (Å²) in [4.78, 5) is 27.5. The molecule has 2 amide bonds. The van der Waals surface area contributed by atoms with Gasteiger partial charge in [-0.15, -0.1) is 0 Å². The Morgan fingerprint density at radius 3 is 2.94 bits per heavy atom. The van der Waals surface area contributed by atoms with E-state index in [0.717, 1.165) is 6.42 Å². The molecule has 0 aliphatic carbocycles. The zero-order chi connectivity index (χ0) is 12.4. The molecule has 1 unspecified atom stereocenters. The van der Waals surface area contributed by atoms with E-state index in [2.05, 4.69) is 10.3 Å². The maximum Gasteiger partial charge on any atom is 0.270 e. The van der Waals surface area contributed by atoms with Gasteiger partial charge in [-0.25, -0.2) is 0 Å². The third-order valence-corrected chi connectivity index (χ3v) is 2.82. The third-order valence-electron chi connectivity index (χ3n) is 2.82. The number of nitrogens with two attached hydrogens (primary N) is 1. The van der Waals surface area contributed by atoms with Crippen molar-refractivity contribution in [2.45, 2.75) is 19.4 Å². The number of aromatic nitrogens is 1. The van der Waals surface area contributed by atoms with Crippen molar-refractivity contribution in [2.24, 2.45) is 0 Å². The van der Waals surface area contributed by atoms with Gasteiger partial charge in [-0.1, -0.05) is 0 Å². The molecule has 1 atom stereocenters. The van der Waals surface area contributed by atoms with Gasteiger partial charge in [0.15, 0.2) is 0 Å². The second-order valence-corrected chi connectivity index (χ2v) is 4.28. The molecule has 1 saturated heterocycles. The lowest BCUT2D eigenvalue weighted by atomic mass is 10.2. The standard InChI is InChI=1S/C11H16N4O2/c1-7(16)14-9-2-3-15(6-9)11(17)10-4-8(12)5-13-10/h4-5,9,13H,2-3,6,12H2,1H3,(H,14,16). The molecule has 1 aliphatic rings. The number of nitrogens with one attached hydrogen (secondary N) is 2. The molecular weight excluding hydrogens is 220 g/mol. The fraction of sp³-hybridized carbons (Fsp3) is 0.455. The number of anilines is 1. The number of amides is 2. The highest BCUT2D eigenvalue weighted by Gasteiger charge is 2.27. The topological polar surface area (TPSA) is 91.2 Å². The van der Waals surface area contributed by atoms with Crippen LogP contribution in [0.3, 0.4) is 0 Å². The van der Waals surface area contributed by atoms with Gasteiger partial charge >= 0.3 is 0 Å². The minimum Gasteiger partial charge on any atom is -0.397 e. The molecule has 0 radical (unpaired) electrons. The Kier molecular flexibility index (Phi) is 3.03. The van der Waals surface area contributed by atoms with Crippen molar-refractivity contribution < 1.29 is 9.59 Å². The van der Waals surface area contributed by atoms with Crippen molar-refractivity contribution in [3.8, 4) is 0 Å². The minimum absolute atomic E-state index is 0.0590. The average Bonchev–Trinajstić information content (AvgIpc) is 2.85. The number of rotatable bonds is 2. The number of carbonyl (C=O) groups excluding carboxylic acids is 2. The summed E-state index contributed by atoms with van der Waals surface area (Å²) < 4.78 is 0. The summed E-state index contributed by atoms with van der Waals surface area (Å²) in [7, 11) is 0. The lowest BCUT2D eigenvalue weighted by Crippen LogP contribution is -2.37. The zero-order valence-electron chi connectivity index (χ0n) is 9.69. The van der Waals surface area contributed by atoms with Gasteiger partial charge in [-0.05, 0) is 12.5 Å². The van der Waals surface area contributed by atoms with Gasteiger partial charge in [0.05, 0.1) is 0 Å². The maximum absolute atomic E-state index is 12.0. The molecule has 92 valence electrons. The summed E-state index contributed by atoms with van der Waals surface area (Å²) in [5.41, 5.74) is 6.59. The molecule has 4 N–H and O–H groups in total. The fourth-order valence-corrected chi connectivity index (χ4v) is 2.05. The van der Waals surface area contributed by atoms with Crippen LogP contribution in [-0.4, -0.2) is 40.8 Å². The number of H-pyrrole nitrogens is 1. The molecule has 0 saturated carbocycles. The minimum atomic E-state index is -0.0745. The van der Waals surface area contributed by atoms with Crippen LogP contribution in [0.1, 0.15) is 23.8 Å². The molecule has 0 spiro atoms. The van der Waals surface area contributed by atoms with E-state index in [1.54, 1.807) is 17.2 Å². The molecule has 0 bridgehead atoms. The largest absolute Gasteiger partial charge is 0.397 e. The van der Waals surface area contributed by atoms with Crippen molar-refractivity contribution in [1.29, 1.82) is 0 Å². The van der Waals surface area contributed by atoms with Crippen LogP contribution in [0.5, 0.6) is 0 Å². The van der Waals surface area contributed by atoms with E-state index in [1.807, 2.05) is 0 Å². The van der Waals surface area contributed by atoms with Crippen LogP contribution in [0.15, 0.2) is 12.3 Å². The highest BCUT2D eigenvalue weighted by atomic mass is 16.2. The number of hydrogen-bond donors (Lipinski definition) is 3. The van der Waals surface area contributed by atoms with Gasteiger partial charge in [-0.2, -0.15) is 0 Å². The highest BCUT2D eigenvalue weighted by Crippen LogP contribution is 2.14. The number of nitrogens with zero attached hydrogens (tertiary/aromatic N) is 1. The van der Waals surface area contributed by atoms with Crippen molar-refractivity contribution in [3.63, 3.8) is 0 Å². The number of hydrogen-bond acceptors (Lipinski definition) is 3. The van der Waals surface area contributed by atoms with Crippen molar-refractivity contribution in [3.05, 3.63) is 18.0 Å². The highest BCUT2D eigenvalue weighted by molar-refractivity contribution is 5.93. The molecule has 1 aromatic rings. The fourth-order valence-electron chi connectivity index (χ4n) is 2.05. The van der Waals surface area contributed by atoms with Crippen LogP contribution in [0.2, 0.25) is 0 Å². The number of nitrogen functional groups attached to an aromatic ring is 1. The average molecular weight is 236 g/mol. The van der Waals surface area contributed by atoms with E-state index in [-0.39, 0.29) is 17.9 Å². The first kappa shape index (κ1) is 11.5. The van der Waals surface area contributed by atoms with E-state index in [9.17, 15) is 9.59 Å².